The van der Waals surface area contributed by atoms with Gasteiger partial charge in [-0.2, -0.15) is 0 Å². The maximum Gasteiger partial charge on any atom is 0.412 e. The molecule has 19 heavy (non-hydrogen) atoms. The lowest BCUT2D eigenvalue weighted by atomic mass is 10.2. The monoisotopic (exact) mass is 269 g/mol. The molecule has 2 amide bonds. The van der Waals surface area contributed by atoms with E-state index >= 15 is 0 Å². The maximum atomic E-state index is 13.5. The predicted octanol–water partition coefficient (Wildman–Crippen LogP) is 2.53. The summed E-state index contributed by atoms with van der Waals surface area (Å²) in [5, 5.41) is 4.64. The predicted molar refractivity (Wildman–Crippen MR) is 68.4 cm³/mol. The summed E-state index contributed by atoms with van der Waals surface area (Å²) in [5.74, 6) is -0.928. The Hall–Kier alpha value is -2.18. The van der Waals surface area contributed by atoms with E-state index in [1.165, 1.54) is 13.0 Å². The van der Waals surface area contributed by atoms with Crippen molar-refractivity contribution in [3.8, 4) is 0 Å². The van der Waals surface area contributed by atoms with Crippen molar-refractivity contribution in [2.24, 2.45) is 0 Å². The molecule has 0 bridgehead atoms. The molecule has 0 aromatic carbocycles. The topological polar surface area (TPSA) is 80.3 Å². The number of hydrogen-bond donors (Lipinski definition) is 2. The second kappa shape index (κ2) is 5.64. The van der Waals surface area contributed by atoms with Gasteiger partial charge in [0.2, 0.25) is 5.91 Å². The highest BCUT2D eigenvalue weighted by atomic mass is 19.1. The van der Waals surface area contributed by atoms with Crippen LogP contribution in [0.1, 0.15) is 27.7 Å². The summed E-state index contributed by atoms with van der Waals surface area (Å²) in [6, 6.07) is 1.21. The van der Waals surface area contributed by atoms with Gasteiger partial charge in [-0.05, 0) is 20.8 Å². The fourth-order valence-corrected chi connectivity index (χ4v) is 1.20. The highest BCUT2D eigenvalue weighted by molar-refractivity contribution is 5.89. The summed E-state index contributed by atoms with van der Waals surface area (Å²) >= 11 is 0. The molecule has 1 aromatic rings. The highest BCUT2D eigenvalue weighted by Crippen LogP contribution is 2.18. The summed E-state index contributed by atoms with van der Waals surface area (Å²) in [7, 11) is 0. The summed E-state index contributed by atoms with van der Waals surface area (Å²) in [4.78, 5) is 26.0. The van der Waals surface area contributed by atoms with E-state index in [0.717, 1.165) is 6.20 Å². The van der Waals surface area contributed by atoms with Crippen LogP contribution in [0, 0.1) is 5.82 Å². The van der Waals surface area contributed by atoms with Gasteiger partial charge in [-0.3, -0.25) is 10.1 Å². The molecule has 2 N–H and O–H groups in total. The van der Waals surface area contributed by atoms with Crippen LogP contribution < -0.4 is 10.6 Å². The molecule has 104 valence electrons. The Morgan fingerprint density at radius 1 is 1.32 bits per heavy atom. The van der Waals surface area contributed by atoms with E-state index < -0.39 is 17.5 Å². The average molecular weight is 269 g/mol. The Morgan fingerprint density at radius 3 is 2.47 bits per heavy atom. The van der Waals surface area contributed by atoms with Crippen LogP contribution >= 0.6 is 0 Å². The molecule has 1 heterocycles. The van der Waals surface area contributed by atoms with E-state index in [1.807, 2.05) is 0 Å². The lowest BCUT2D eigenvalue weighted by molar-refractivity contribution is -0.114. The molecule has 1 aromatic heterocycles. The van der Waals surface area contributed by atoms with Crippen LogP contribution in [0.4, 0.5) is 20.7 Å². The first-order chi connectivity index (χ1) is 8.67. The maximum absolute atomic E-state index is 13.5. The number of pyridine rings is 1. The van der Waals surface area contributed by atoms with E-state index in [-0.39, 0.29) is 17.4 Å². The number of nitrogens with one attached hydrogen (secondary N) is 2. The summed E-state index contributed by atoms with van der Waals surface area (Å²) in [6.45, 7) is 6.38. The van der Waals surface area contributed by atoms with Crippen molar-refractivity contribution in [1.29, 1.82) is 0 Å². The zero-order chi connectivity index (χ0) is 14.6. The molecule has 7 heteroatoms. The first-order valence-electron chi connectivity index (χ1n) is 5.60. The Balaban J connectivity index is 2.82. The second-order valence-corrected chi connectivity index (χ2v) is 4.86. The molecule has 0 aliphatic heterocycles. The van der Waals surface area contributed by atoms with Gasteiger partial charge in [0, 0.05) is 13.0 Å². The molecular formula is C12H16FN3O3. The van der Waals surface area contributed by atoms with Crippen molar-refractivity contribution in [3.63, 3.8) is 0 Å². The van der Waals surface area contributed by atoms with Crippen LogP contribution in [0.2, 0.25) is 0 Å². The van der Waals surface area contributed by atoms with E-state index in [4.69, 9.17) is 4.74 Å². The number of carbonyl (C=O) groups excluding carboxylic acids is 2. The lowest BCUT2D eigenvalue weighted by Gasteiger charge is -2.19. The molecule has 0 fully saturated rings. The van der Waals surface area contributed by atoms with Crippen LogP contribution in [0.15, 0.2) is 12.3 Å². The quantitative estimate of drug-likeness (QED) is 0.864. The van der Waals surface area contributed by atoms with Crippen LogP contribution in [-0.2, 0) is 9.53 Å². The van der Waals surface area contributed by atoms with Gasteiger partial charge in [0.1, 0.15) is 11.4 Å². The van der Waals surface area contributed by atoms with Crippen LogP contribution in [0.3, 0.4) is 0 Å². The number of aromatic nitrogens is 1. The molecule has 0 spiro atoms. The zero-order valence-electron chi connectivity index (χ0n) is 11.2. The summed E-state index contributed by atoms with van der Waals surface area (Å²) in [6.07, 6.45) is 0.115. The third-order valence-electron chi connectivity index (χ3n) is 1.80. The minimum Gasteiger partial charge on any atom is -0.444 e. The summed E-state index contributed by atoms with van der Waals surface area (Å²) in [5.41, 5.74) is -0.804. The normalized spacial score (nSPS) is 10.8. The highest BCUT2D eigenvalue weighted by Gasteiger charge is 2.17. The Kier molecular flexibility index (Phi) is 4.42. The number of hydrogen-bond acceptors (Lipinski definition) is 4. The van der Waals surface area contributed by atoms with Gasteiger partial charge in [0.15, 0.2) is 5.82 Å². The molecule has 0 radical (unpaired) electrons. The van der Waals surface area contributed by atoms with Gasteiger partial charge < -0.3 is 10.1 Å². The third kappa shape index (κ3) is 5.33. The lowest BCUT2D eigenvalue weighted by Crippen LogP contribution is -2.27. The number of amides is 2. The fourth-order valence-electron chi connectivity index (χ4n) is 1.20. The van der Waals surface area contributed by atoms with E-state index in [9.17, 15) is 14.0 Å². The van der Waals surface area contributed by atoms with Gasteiger partial charge in [-0.15, -0.1) is 0 Å². The Morgan fingerprint density at radius 2 is 1.95 bits per heavy atom. The molecule has 0 aliphatic carbocycles. The third-order valence-corrected chi connectivity index (χ3v) is 1.80. The first-order valence-corrected chi connectivity index (χ1v) is 5.60. The SMILES string of the molecule is CC(=O)Nc1cc(NC(=O)OC(C)(C)C)c(F)cn1. The number of ether oxygens (including phenoxy) is 1. The second-order valence-electron chi connectivity index (χ2n) is 4.86. The van der Waals surface area contributed by atoms with E-state index in [1.54, 1.807) is 20.8 Å². The van der Waals surface area contributed by atoms with Crippen LogP contribution in [0.5, 0.6) is 0 Å². The van der Waals surface area contributed by atoms with Gasteiger partial charge in [0.25, 0.3) is 0 Å². The van der Waals surface area contributed by atoms with Gasteiger partial charge in [0.05, 0.1) is 11.9 Å². The molecule has 0 aliphatic rings. The number of carbonyl (C=O) groups is 2. The van der Waals surface area contributed by atoms with E-state index in [2.05, 4.69) is 15.6 Å². The largest absolute Gasteiger partial charge is 0.444 e. The first kappa shape index (κ1) is 14.9. The number of anilines is 2. The van der Waals surface area contributed by atoms with Gasteiger partial charge in [-0.25, -0.2) is 14.2 Å². The minimum absolute atomic E-state index is 0.118. The van der Waals surface area contributed by atoms with Crippen molar-refractivity contribution < 1.29 is 18.7 Å². The zero-order valence-corrected chi connectivity index (χ0v) is 11.2. The molecule has 0 saturated carbocycles. The van der Waals surface area contributed by atoms with E-state index in [0.29, 0.717) is 0 Å². The Labute approximate surface area is 110 Å². The Bertz CT molecular complexity index is 497. The van der Waals surface area contributed by atoms with Crippen molar-refractivity contribution in [2.75, 3.05) is 10.6 Å². The number of nitrogens with zero attached hydrogens (tertiary/aromatic N) is 1. The number of rotatable bonds is 2. The van der Waals surface area contributed by atoms with Crippen LogP contribution in [0.25, 0.3) is 0 Å². The fraction of sp³-hybridized carbons (Fsp3) is 0.417. The molecule has 1 rings (SSSR count). The molecule has 6 nitrogen and oxygen atoms in total. The van der Waals surface area contributed by atoms with Gasteiger partial charge in [-0.1, -0.05) is 0 Å². The van der Waals surface area contributed by atoms with Crippen molar-refractivity contribution in [2.45, 2.75) is 33.3 Å². The molecular weight excluding hydrogens is 253 g/mol. The van der Waals surface area contributed by atoms with Crippen molar-refractivity contribution in [1.82, 2.24) is 4.98 Å². The smallest absolute Gasteiger partial charge is 0.412 e. The standard InChI is InChI=1S/C12H16FN3O3/c1-7(17)15-10-5-9(8(13)6-14-10)16-11(18)19-12(2,3)4/h5-6H,1-4H3,(H2,14,15,16,17,18). The minimum atomic E-state index is -0.786. The molecule has 0 unspecified atom stereocenters. The van der Waals surface area contributed by atoms with Crippen molar-refractivity contribution >= 4 is 23.5 Å². The van der Waals surface area contributed by atoms with Gasteiger partial charge >= 0.3 is 6.09 Å². The summed E-state index contributed by atoms with van der Waals surface area (Å²) < 4.78 is 18.4. The molecule has 0 saturated heterocycles. The number of halogens is 1. The molecule has 0 atom stereocenters. The average Bonchev–Trinajstić information content (AvgIpc) is 2.19. The van der Waals surface area contributed by atoms with Crippen LogP contribution in [-0.4, -0.2) is 22.6 Å². The van der Waals surface area contributed by atoms with Crippen molar-refractivity contribution in [3.05, 3.63) is 18.1 Å².